The SMILES string of the molecule is CCCCCCCCCCC(CC(=O)Oc1cccc2ccccc12)C(C)(C)N. The second-order valence-electron chi connectivity index (χ2n) is 8.94. The normalized spacial score (nSPS) is 12.8. The average Bonchev–Trinajstić information content (AvgIpc) is 2.68. The van der Waals surface area contributed by atoms with E-state index in [-0.39, 0.29) is 17.4 Å². The van der Waals surface area contributed by atoms with Gasteiger partial charge in [-0.05, 0) is 37.6 Å². The fourth-order valence-electron chi connectivity index (χ4n) is 3.91. The Morgan fingerprint density at radius 3 is 2.24 bits per heavy atom. The molecule has 29 heavy (non-hydrogen) atoms. The fourth-order valence-corrected chi connectivity index (χ4v) is 3.91. The molecule has 0 aliphatic heterocycles. The molecule has 0 aliphatic rings. The van der Waals surface area contributed by atoms with Crippen LogP contribution in [0.15, 0.2) is 42.5 Å². The van der Waals surface area contributed by atoms with Crippen molar-refractivity contribution in [1.29, 1.82) is 0 Å². The first-order valence-electron chi connectivity index (χ1n) is 11.4. The number of hydrogen-bond acceptors (Lipinski definition) is 3. The summed E-state index contributed by atoms with van der Waals surface area (Å²) >= 11 is 0. The lowest BCUT2D eigenvalue weighted by molar-refractivity contribution is -0.136. The van der Waals surface area contributed by atoms with E-state index in [2.05, 4.69) is 6.92 Å². The minimum Gasteiger partial charge on any atom is -0.426 e. The summed E-state index contributed by atoms with van der Waals surface area (Å²) in [5.74, 6) is 0.572. The summed E-state index contributed by atoms with van der Waals surface area (Å²) in [6.07, 6.45) is 11.6. The van der Waals surface area contributed by atoms with E-state index in [0.717, 1.165) is 23.6 Å². The molecular formula is C26H39NO2. The Morgan fingerprint density at radius 2 is 1.55 bits per heavy atom. The Bertz CT molecular complexity index is 742. The van der Waals surface area contributed by atoms with E-state index in [1.807, 2.05) is 56.3 Å². The second-order valence-corrected chi connectivity index (χ2v) is 8.94. The summed E-state index contributed by atoms with van der Waals surface area (Å²) < 4.78 is 5.74. The van der Waals surface area contributed by atoms with E-state index in [0.29, 0.717) is 12.2 Å². The largest absolute Gasteiger partial charge is 0.426 e. The number of unbranched alkanes of at least 4 members (excludes halogenated alkanes) is 7. The van der Waals surface area contributed by atoms with E-state index in [4.69, 9.17) is 10.5 Å². The topological polar surface area (TPSA) is 52.3 Å². The van der Waals surface area contributed by atoms with Gasteiger partial charge < -0.3 is 10.5 Å². The fraction of sp³-hybridized carbons (Fsp3) is 0.577. The lowest BCUT2D eigenvalue weighted by atomic mass is 9.82. The summed E-state index contributed by atoms with van der Waals surface area (Å²) in [6, 6.07) is 13.8. The van der Waals surface area contributed by atoms with Gasteiger partial charge in [-0.15, -0.1) is 0 Å². The number of fused-ring (bicyclic) bond motifs is 1. The number of hydrogen-bond donors (Lipinski definition) is 1. The first kappa shape index (κ1) is 23.4. The Hall–Kier alpha value is -1.87. The molecule has 0 saturated carbocycles. The third-order valence-electron chi connectivity index (χ3n) is 5.84. The van der Waals surface area contributed by atoms with E-state index in [1.165, 1.54) is 44.9 Å². The number of rotatable bonds is 13. The van der Waals surface area contributed by atoms with Gasteiger partial charge in [0.2, 0.25) is 0 Å². The molecule has 0 bridgehead atoms. The third-order valence-corrected chi connectivity index (χ3v) is 5.84. The van der Waals surface area contributed by atoms with Crippen molar-refractivity contribution in [2.45, 2.75) is 90.5 Å². The molecule has 3 heteroatoms. The van der Waals surface area contributed by atoms with E-state index >= 15 is 0 Å². The molecule has 2 aromatic carbocycles. The highest BCUT2D eigenvalue weighted by Gasteiger charge is 2.28. The maximum Gasteiger partial charge on any atom is 0.311 e. The highest BCUT2D eigenvalue weighted by molar-refractivity contribution is 5.90. The maximum absolute atomic E-state index is 12.7. The van der Waals surface area contributed by atoms with E-state index in [9.17, 15) is 4.79 Å². The van der Waals surface area contributed by atoms with Crippen LogP contribution in [0.25, 0.3) is 10.8 Å². The number of benzene rings is 2. The van der Waals surface area contributed by atoms with Crippen LogP contribution in [0.4, 0.5) is 0 Å². The highest BCUT2D eigenvalue weighted by Crippen LogP contribution is 2.28. The van der Waals surface area contributed by atoms with Crippen LogP contribution in [0.5, 0.6) is 5.75 Å². The van der Waals surface area contributed by atoms with Crippen molar-refractivity contribution >= 4 is 16.7 Å². The maximum atomic E-state index is 12.7. The molecule has 2 rings (SSSR count). The van der Waals surface area contributed by atoms with Gasteiger partial charge in [-0.3, -0.25) is 4.79 Å². The Labute approximate surface area is 177 Å². The Kier molecular flexibility index (Phi) is 9.66. The van der Waals surface area contributed by atoms with Crippen molar-refractivity contribution in [3.8, 4) is 5.75 Å². The second kappa shape index (κ2) is 12.0. The number of nitrogens with two attached hydrogens (primary N) is 1. The number of esters is 1. The zero-order chi connectivity index (χ0) is 21.1. The van der Waals surface area contributed by atoms with Gasteiger partial charge in [-0.25, -0.2) is 0 Å². The van der Waals surface area contributed by atoms with Gasteiger partial charge in [0.25, 0.3) is 0 Å². The molecule has 3 nitrogen and oxygen atoms in total. The lowest BCUT2D eigenvalue weighted by Crippen LogP contribution is -2.42. The first-order valence-corrected chi connectivity index (χ1v) is 11.4. The van der Waals surface area contributed by atoms with Gasteiger partial charge in [-0.1, -0.05) is 94.7 Å². The summed E-state index contributed by atoms with van der Waals surface area (Å²) in [4.78, 5) is 12.7. The van der Waals surface area contributed by atoms with Gasteiger partial charge in [0, 0.05) is 10.9 Å². The minimum absolute atomic E-state index is 0.130. The average molecular weight is 398 g/mol. The van der Waals surface area contributed by atoms with Crippen molar-refractivity contribution in [3.05, 3.63) is 42.5 Å². The van der Waals surface area contributed by atoms with Gasteiger partial charge in [0.05, 0.1) is 6.42 Å². The summed E-state index contributed by atoms with van der Waals surface area (Å²) in [5, 5.41) is 2.04. The zero-order valence-electron chi connectivity index (χ0n) is 18.6. The number of carbonyl (C=O) groups is 1. The zero-order valence-corrected chi connectivity index (χ0v) is 18.6. The van der Waals surface area contributed by atoms with Gasteiger partial charge >= 0.3 is 5.97 Å². The smallest absolute Gasteiger partial charge is 0.311 e. The minimum atomic E-state index is -0.390. The van der Waals surface area contributed by atoms with E-state index in [1.54, 1.807) is 0 Å². The van der Waals surface area contributed by atoms with E-state index < -0.39 is 0 Å². The summed E-state index contributed by atoms with van der Waals surface area (Å²) in [7, 11) is 0. The number of carbonyl (C=O) groups excluding carboxylic acids is 1. The highest BCUT2D eigenvalue weighted by atomic mass is 16.5. The molecule has 0 aliphatic carbocycles. The van der Waals surface area contributed by atoms with Crippen molar-refractivity contribution < 1.29 is 9.53 Å². The molecule has 2 aromatic rings. The standard InChI is InChI=1S/C26H39NO2/c1-4-5-6-7-8-9-10-11-17-22(26(2,3)27)20-25(28)29-24-19-14-16-21-15-12-13-18-23(21)24/h12-16,18-19,22H,4-11,17,20,27H2,1-3H3. The van der Waals surface area contributed by atoms with Crippen molar-refractivity contribution in [3.63, 3.8) is 0 Å². The molecule has 2 N–H and O–H groups in total. The molecule has 1 atom stereocenters. The molecule has 0 saturated heterocycles. The van der Waals surface area contributed by atoms with Crippen LogP contribution in [0.2, 0.25) is 0 Å². The summed E-state index contributed by atoms with van der Waals surface area (Å²) in [6.45, 7) is 6.29. The number of ether oxygens (including phenoxy) is 1. The van der Waals surface area contributed by atoms with Crippen molar-refractivity contribution in [2.75, 3.05) is 0 Å². The molecule has 0 aromatic heterocycles. The van der Waals surface area contributed by atoms with Crippen LogP contribution in [0.3, 0.4) is 0 Å². The third kappa shape index (κ3) is 8.18. The van der Waals surface area contributed by atoms with Gasteiger partial charge in [-0.2, -0.15) is 0 Å². The lowest BCUT2D eigenvalue weighted by Gasteiger charge is -2.30. The molecule has 0 fully saturated rings. The Balaban J connectivity index is 1.83. The van der Waals surface area contributed by atoms with Crippen LogP contribution in [-0.4, -0.2) is 11.5 Å². The van der Waals surface area contributed by atoms with Gasteiger partial charge in [0.1, 0.15) is 5.75 Å². The molecule has 0 heterocycles. The van der Waals surface area contributed by atoms with Crippen molar-refractivity contribution in [1.82, 2.24) is 0 Å². The quantitative estimate of drug-likeness (QED) is 0.224. The van der Waals surface area contributed by atoms with Crippen LogP contribution >= 0.6 is 0 Å². The van der Waals surface area contributed by atoms with Crippen LogP contribution in [-0.2, 0) is 4.79 Å². The van der Waals surface area contributed by atoms with Crippen LogP contribution in [0, 0.1) is 5.92 Å². The summed E-state index contributed by atoms with van der Waals surface area (Å²) in [5.41, 5.74) is 6.01. The molecule has 0 radical (unpaired) electrons. The molecule has 160 valence electrons. The Morgan fingerprint density at radius 1 is 0.931 bits per heavy atom. The predicted octanol–water partition coefficient (Wildman–Crippen LogP) is 7.02. The van der Waals surface area contributed by atoms with Crippen LogP contribution < -0.4 is 10.5 Å². The predicted molar refractivity (Wildman–Crippen MR) is 123 cm³/mol. The monoisotopic (exact) mass is 397 g/mol. The molecule has 1 unspecified atom stereocenters. The van der Waals surface area contributed by atoms with Gasteiger partial charge in [0.15, 0.2) is 0 Å². The first-order chi connectivity index (χ1) is 13.9. The van der Waals surface area contributed by atoms with Crippen molar-refractivity contribution in [2.24, 2.45) is 11.7 Å². The van der Waals surface area contributed by atoms with Crippen LogP contribution in [0.1, 0.15) is 85.0 Å². The molecular weight excluding hydrogens is 358 g/mol. The molecule has 0 spiro atoms. The molecule has 0 amide bonds.